The number of rotatable bonds is 9. The number of hydrogen-bond acceptors (Lipinski definition) is 1. The fourth-order valence-electron chi connectivity index (χ4n) is 2.40. The standard InChI is InChI=1S/C17H25F2NO/c1-3-5-6-7-9-13(8-4-2)17(21)20-16-12-14(18)10-11-15(16)19/h10-13H,3-9H2,1-2H3,(H,20,21). The quantitative estimate of drug-likeness (QED) is 0.616. The third-order valence-electron chi connectivity index (χ3n) is 3.60. The van der Waals surface area contributed by atoms with Crippen LogP contribution in [0.2, 0.25) is 0 Å². The summed E-state index contributed by atoms with van der Waals surface area (Å²) >= 11 is 0. The van der Waals surface area contributed by atoms with E-state index in [0.29, 0.717) is 0 Å². The molecule has 0 heterocycles. The molecule has 1 aromatic carbocycles. The van der Waals surface area contributed by atoms with E-state index in [4.69, 9.17) is 0 Å². The first kappa shape index (κ1) is 17.6. The van der Waals surface area contributed by atoms with Crippen molar-refractivity contribution in [3.05, 3.63) is 29.8 Å². The van der Waals surface area contributed by atoms with Crippen LogP contribution in [0.15, 0.2) is 18.2 Å². The molecule has 21 heavy (non-hydrogen) atoms. The molecule has 0 bridgehead atoms. The fourth-order valence-corrected chi connectivity index (χ4v) is 2.40. The largest absolute Gasteiger partial charge is 0.323 e. The molecule has 2 nitrogen and oxygen atoms in total. The SMILES string of the molecule is CCCCCCC(CCC)C(=O)Nc1cc(F)ccc1F. The zero-order valence-corrected chi connectivity index (χ0v) is 12.9. The van der Waals surface area contributed by atoms with Crippen molar-refractivity contribution >= 4 is 11.6 Å². The predicted octanol–water partition coefficient (Wildman–Crippen LogP) is 5.29. The average molecular weight is 297 g/mol. The lowest BCUT2D eigenvalue weighted by molar-refractivity contribution is -0.120. The van der Waals surface area contributed by atoms with Gasteiger partial charge in [-0.1, -0.05) is 46.0 Å². The van der Waals surface area contributed by atoms with Crippen molar-refractivity contribution in [1.82, 2.24) is 0 Å². The van der Waals surface area contributed by atoms with Gasteiger partial charge in [0.1, 0.15) is 11.6 Å². The Balaban J connectivity index is 2.61. The first-order valence-corrected chi connectivity index (χ1v) is 7.84. The lowest BCUT2D eigenvalue weighted by Gasteiger charge is -2.16. The van der Waals surface area contributed by atoms with Crippen molar-refractivity contribution in [2.75, 3.05) is 5.32 Å². The van der Waals surface area contributed by atoms with Gasteiger partial charge >= 0.3 is 0 Å². The van der Waals surface area contributed by atoms with Gasteiger partial charge in [-0.25, -0.2) is 8.78 Å². The van der Waals surface area contributed by atoms with Crippen LogP contribution in [0.1, 0.15) is 58.8 Å². The third-order valence-corrected chi connectivity index (χ3v) is 3.60. The van der Waals surface area contributed by atoms with E-state index in [1.165, 1.54) is 6.42 Å². The van der Waals surface area contributed by atoms with Crippen LogP contribution in [0.4, 0.5) is 14.5 Å². The molecule has 0 saturated heterocycles. The maximum atomic E-state index is 13.6. The van der Waals surface area contributed by atoms with Gasteiger partial charge in [-0.05, 0) is 25.0 Å². The molecule has 118 valence electrons. The molecule has 4 heteroatoms. The highest BCUT2D eigenvalue weighted by Crippen LogP contribution is 2.21. The molecule has 0 saturated carbocycles. The van der Waals surface area contributed by atoms with E-state index < -0.39 is 11.6 Å². The Morgan fingerprint density at radius 3 is 2.52 bits per heavy atom. The smallest absolute Gasteiger partial charge is 0.227 e. The maximum Gasteiger partial charge on any atom is 0.227 e. The summed E-state index contributed by atoms with van der Waals surface area (Å²) in [4.78, 5) is 12.2. The molecule has 0 aliphatic carbocycles. The minimum atomic E-state index is -0.606. The lowest BCUT2D eigenvalue weighted by atomic mass is 9.95. The molecule has 0 aliphatic rings. The van der Waals surface area contributed by atoms with Gasteiger partial charge in [-0.15, -0.1) is 0 Å². The van der Waals surface area contributed by atoms with Crippen LogP contribution < -0.4 is 5.32 Å². The second-order valence-electron chi connectivity index (χ2n) is 5.45. The van der Waals surface area contributed by atoms with Crippen LogP contribution in [0.25, 0.3) is 0 Å². The molecule has 1 rings (SSSR count). The average Bonchev–Trinajstić information content (AvgIpc) is 2.46. The Labute approximate surface area is 125 Å². The molecule has 0 aromatic heterocycles. The summed E-state index contributed by atoms with van der Waals surface area (Å²) in [6.45, 7) is 4.16. The Morgan fingerprint density at radius 2 is 1.86 bits per heavy atom. The van der Waals surface area contributed by atoms with E-state index in [-0.39, 0.29) is 17.5 Å². The van der Waals surface area contributed by atoms with Gasteiger partial charge < -0.3 is 5.32 Å². The number of amides is 1. The summed E-state index contributed by atoms with van der Waals surface area (Å²) in [7, 11) is 0. The van der Waals surface area contributed by atoms with E-state index in [9.17, 15) is 13.6 Å². The summed E-state index contributed by atoms with van der Waals surface area (Å²) in [5.41, 5.74) is -0.0744. The highest BCUT2D eigenvalue weighted by Gasteiger charge is 2.18. The Bertz CT molecular complexity index is 448. The van der Waals surface area contributed by atoms with Gasteiger partial charge in [0.2, 0.25) is 5.91 Å². The van der Waals surface area contributed by atoms with Crippen LogP contribution in [-0.4, -0.2) is 5.91 Å². The lowest BCUT2D eigenvalue weighted by Crippen LogP contribution is -2.23. The van der Waals surface area contributed by atoms with Crippen LogP contribution >= 0.6 is 0 Å². The maximum absolute atomic E-state index is 13.6. The molecule has 0 radical (unpaired) electrons. The second-order valence-corrected chi connectivity index (χ2v) is 5.45. The van der Waals surface area contributed by atoms with E-state index in [0.717, 1.165) is 56.7 Å². The molecule has 1 unspecified atom stereocenters. The molecule has 1 amide bonds. The molecular formula is C17H25F2NO. The zero-order chi connectivity index (χ0) is 15.7. The predicted molar refractivity (Wildman–Crippen MR) is 82.1 cm³/mol. The van der Waals surface area contributed by atoms with Crippen molar-refractivity contribution < 1.29 is 13.6 Å². The number of hydrogen-bond donors (Lipinski definition) is 1. The van der Waals surface area contributed by atoms with E-state index in [1.54, 1.807) is 0 Å². The van der Waals surface area contributed by atoms with Crippen LogP contribution in [0.3, 0.4) is 0 Å². The fraction of sp³-hybridized carbons (Fsp3) is 0.588. The number of carbonyl (C=O) groups is 1. The molecule has 0 aliphatic heterocycles. The van der Waals surface area contributed by atoms with Gasteiger partial charge in [0.25, 0.3) is 0 Å². The normalized spacial score (nSPS) is 12.2. The number of benzene rings is 1. The Morgan fingerprint density at radius 1 is 1.10 bits per heavy atom. The minimum Gasteiger partial charge on any atom is -0.323 e. The van der Waals surface area contributed by atoms with E-state index in [1.807, 2.05) is 6.92 Å². The Kier molecular flexibility index (Phi) is 7.95. The number of halogens is 2. The highest BCUT2D eigenvalue weighted by atomic mass is 19.1. The molecule has 1 N–H and O–H groups in total. The minimum absolute atomic E-state index is 0.0744. The van der Waals surface area contributed by atoms with Gasteiger partial charge in [-0.3, -0.25) is 4.79 Å². The number of carbonyl (C=O) groups excluding carboxylic acids is 1. The topological polar surface area (TPSA) is 29.1 Å². The van der Waals surface area contributed by atoms with Crippen LogP contribution in [0.5, 0.6) is 0 Å². The number of anilines is 1. The summed E-state index contributed by atoms with van der Waals surface area (Å²) in [5.74, 6) is -1.50. The van der Waals surface area contributed by atoms with Gasteiger partial charge in [-0.2, -0.15) is 0 Å². The third kappa shape index (κ3) is 6.23. The van der Waals surface area contributed by atoms with Crippen molar-refractivity contribution in [1.29, 1.82) is 0 Å². The zero-order valence-electron chi connectivity index (χ0n) is 12.9. The molecule has 1 atom stereocenters. The van der Waals surface area contributed by atoms with Gasteiger partial charge in [0.15, 0.2) is 0 Å². The second kappa shape index (κ2) is 9.48. The first-order chi connectivity index (χ1) is 10.1. The van der Waals surface area contributed by atoms with Gasteiger partial charge in [0.05, 0.1) is 5.69 Å². The highest BCUT2D eigenvalue weighted by molar-refractivity contribution is 5.92. The number of nitrogens with one attached hydrogen (secondary N) is 1. The monoisotopic (exact) mass is 297 g/mol. The summed E-state index contributed by atoms with van der Waals surface area (Å²) < 4.78 is 26.7. The molecule has 0 spiro atoms. The van der Waals surface area contributed by atoms with E-state index >= 15 is 0 Å². The van der Waals surface area contributed by atoms with Crippen molar-refractivity contribution in [2.45, 2.75) is 58.8 Å². The summed E-state index contributed by atoms with van der Waals surface area (Å²) in [5, 5.41) is 2.52. The summed E-state index contributed by atoms with van der Waals surface area (Å²) in [6.07, 6.45) is 6.90. The number of unbranched alkanes of at least 4 members (excludes halogenated alkanes) is 3. The van der Waals surface area contributed by atoms with Crippen molar-refractivity contribution in [3.8, 4) is 0 Å². The first-order valence-electron chi connectivity index (χ1n) is 7.84. The van der Waals surface area contributed by atoms with Crippen molar-refractivity contribution in [3.63, 3.8) is 0 Å². The van der Waals surface area contributed by atoms with Crippen LogP contribution in [0, 0.1) is 17.6 Å². The van der Waals surface area contributed by atoms with Crippen LogP contribution in [-0.2, 0) is 4.79 Å². The summed E-state index contributed by atoms with van der Waals surface area (Å²) in [6, 6.07) is 3.09. The molecule has 0 fully saturated rings. The molecular weight excluding hydrogens is 272 g/mol. The van der Waals surface area contributed by atoms with E-state index in [2.05, 4.69) is 12.2 Å². The van der Waals surface area contributed by atoms with Gasteiger partial charge in [0, 0.05) is 12.0 Å². The Hall–Kier alpha value is -1.45. The van der Waals surface area contributed by atoms with Crippen molar-refractivity contribution in [2.24, 2.45) is 5.92 Å². The molecule has 1 aromatic rings.